The van der Waals surface area contributed by atoms with E-state index < -0.39 is 0 Å². The summed E-state index contributed by atoms with van der Waals surface area (Å²) in [6.07, 6.45) is 1.79. The first kappa shape index (κ1) is 18.4. The van der Waals surface area contributed by atoms with Crippen molar-refractivity contribution in [3.8, 4) is 22.4 Å². The lowest BCUT2D eigenvalue weighted by molar-refractivity contribution is 1.29. The SMILES string of the molecule is Cc1ccc(-c2ccc(C=NNc3nc(-c4cccc(Cl)c4)cs3)cc2)cc1. The number of nitrogens with zero attached hydrogens (tertiary/aromatic N) is 2. The van der Waals surface area contributed by atoms with Crippen molar-refractivity contribution in [3.63, 3.8) is 0 Å². The van der Waals surface area contributed by atoms with Gasteiger partial charge in [-0.1, -0.05) is 77.8 Å². The highest BCUT2D eigenvalue weighted by Crippen LogP contribution is 2.26. The molecule has 0 radical (unpaired) electrons. The van der Waals surface area contributed by atoms with Crippen LogP contribution in [0, 0.1) is 6.92 Å². The van der Waals surface area contributed by atoms with Gasteiger partial charge in [0.05, 0.1) is 11.9 Å². The van der Waals surface area contributed by atoms with E-state index in [2.05, 4.69) is 71.0 Å². The molecule has 3 nitrogen and oxygen atoms in total. The van der Waals surface area contributed by atoms with Crippen LogP contribution in [0.1, 0.15) is 11.1 Å². The van der Waals surface area contributed by atoms with E-state index in [4.69, 9.17) is 11.6 Å². The standard InChI is InChI=1S/C23H18ClN3S/c1-16-5-9-18(10-6-16)19-11-7-17(8-12-19)14-25-27-23-26-22(15-28-23)20-3-2-4-21(24)13-20/h2-15H,1H3,(H,26,27). The molecule has 0 fully saturated rings. The third-order valence-corrected chi connectivity index (χ3v) is 5.28. The minimum Gasteiger partial charge on any atom is -0.253 e. The van der Waals surface area contributed by atoms with Gasteiger partial charge in [0, 0.05) is 16.0 Å². The molecule has 0 saturated carbocycles. The lowest BCUT2D eigenvalue weighted by Gasteiger charge is -2.03. The summed E-state index contributed by atoms with van der Waals surface area (Å²) in [4.78, 5) is 4.55. The fourth-order valence-electron chi connectivity index (χ4n) is 2.78. The van der Waals surface area contributed by atoms with E-state index in [1.165, 1.54) is 28.0 Å². The van der Waals surface area contributed by atoms with Crippen LogP contribution in [0.25, 0.3) is 22.4 Å². The van der Waals surface area contributed by atoms with Crippen molar-refractivity contribution < 1.29 is 0 Å². The normalized spacial score (nSPS) is 11.1. The van der Waals surface area contributed by atoms with Gasteiger partial charge in [-0.2, -0.15) is 5.10 Å². The molecule has 138 valence electrons. The zero-order valence-corrected chi connectivity index (χ0v) is 16.8. The molecule has 0 aliphatic rings. The molecule has 28 heavy (non-hydrogen) atoms. The molecule has 5 heteroatoms. The Bertz CT molecular complexity index is 1100. The Morgan fingerprint density at radius 1 is 0.929 bits per heavy atom. The maximum atomic E-state index is 6.05. The van der Waals surface area contributed by atoms with Crippen LogP contribution in [0.4, 0.5) is 5.13 Å². The van der Waals surface area contributed by atoms with Crippen LogP contribution in [-0.2, 0) is 0 Å². The van der Waals surface area contributed by atoms with Crippen molar-refractivity contribution in [1.29, 1.82) is 0 Å². The molecular weight excluding hydrogens is 386 g/mol. The summed E-state index contributed by atoms with van der Waals surface area (Å²) in [6.45, 7) is 2.09. The minimum atomic E-state index is 0.701. The van der Waals surface area contributed by atoms with Crippen LogP contribution in [0.5, 0.6) is 0 Å². The highest BCUT2D eigenvalue weighted by Gasteiger charge is 2.04. The Balaban J connectivity index is 1.40. The van der Waals surface area contributed by atoms with E-state index in [-0.39, 0.29) is 0 Å². The number of aromatic nitrogens is 1. The van der Waals surface area contributed by atoms with Gasteiger partial charge in [0.25, 0.3) is 0 Å². The zero-order chi connectivity index (χ0) is 19.3. The molecule has 0 unspecified atom stereocenters. The topological polar surface area (TPSA) is 37.3 Å². The average Bonchev–Trinajstić information content (AvgIpc) is 3.18. The summed E-state index contributed by atoms with van der Waals surface area (Å²) in [5, 5.41) is 7.72. The quantitative estimate of drug-likeness (QED) is 0.291. The molecular formula is C23H18ClN3S. The van der Waals surface area contributed by atoms with Crippen molar-refractivity contribution in [2.24, 2.45) is 5.10 Å². The van der Waals surface area contributed by atoms with Gasteiger partial charge >= 0.3 is 0 Å². The molecule has 4 aromatic rings. The fourth-order valence-corrected chi connectivity index (χ4v) is 3.63. The van der Waals surface area contributed by atoms with E-state index in [1.807, 2.05) is 29.6 Å². The van der Waals surface area contributed by atoms with Gasteiger partial charge in [-0.3, -0.25) is 5.43 Å². The van der Waals surface area contributed by atoms with E-state index in [9.17, 15) is 0 Å². The van der Waals surface area contributed by atoms with Crippen LogP contribution in [0.15, 0.2) is 83.3 Å². The van der Waals surface area contributed by atoms with Crippen LogP contribution < -0.4 is 5.43 Å². The lowest BCUT2D eigenvalue weighted by atomic mass is 10.0. The summed E-state index contributed by atoms with van der Waals surface area (Å²) in [7, 11) is 0. The summed E-state index contributed by atoms with van der Waals surface area (Å²) in [6, 6.07) is 24.5. The Labute approximate surface area is 173 Å². The molecule has 0 amide bonds. The third-order valence-electron chi connectivity index (χ3n) is 4.29. The molecule has 3 aromatic carbocycles. The van der Waals surface area contributed by atoms with Crippen molar-refractivity contribution in [3.05, 3.63) is 94.3 Å². The maximum Gasteiger partial charge on any atom is 0.203 e. The second kappa shape index (κ2) is 8.38. The third kappa shape index (κ3) is 4.47. The number of hydrogen-bond donors (Lipinski definition) is 1. The van der Waals surface area contributed by atoms with Crippen molar-refractivity contribution in [2.75, 3.05) is 5.43 Å². The van der Waals surface area contributed by atoms with Gasteiger partial charge in [-0.05, 0) is 35.7 Å². The van der Waals surface area contributed by atoms with Crippen LogP contribution >= 0.6 is 22.9 Å². The van der Waals surface area contributed by atoms with E-state index >= 15 is 0 Å². The van der Waals surface area contributed by atoms with Gasteiger partial charge in [-0.15, -0.1) is 11.3 Å². The Kier molecular flexibility index (Phi) is 5.51. The molecule has 4 rings (SSSR count). The monoisotopic (exact) mass is 403 g/mol. The first-order chi connectivity index (χ1) is 13.7. The molecule has 1 N–H and O–H groups in total. The Morgan fingerprint density at radius 2 is 1.64 bits per heavy atom. The predicted molar refractivity (Wildman–Crippen MR) is 120 cm³/mol. The molecule has 0 aliphatic heterocycles. The lowest BCUT2D eigenvalue weighted by Crippen LogP contribution is -1.90. The van der Waals surface area contributed by atoms with Gasteiger partial charge in [-0.25, -0.2) is 4.98 Å². The highest BCUT2D eigenvalue weighted by atomic mass is 35.5. The van der Waals surface area contributed by atoms with Crippen LogP contribution in [0.2, 0.25) is 5.02 Å². The largest absolute Gasteiger partial charge is 0.253 e. The summed E-state index contributed by atoms with van der Waals surface area (Å²) < 4.78 is 0. The zero-order valence-electron chi connectivity index (χ0n) is 15.3. The molecule has 0 spiro atoms. The number of hydrogen-bond acceptors (Lipinski definition) is 4. The molecule has 1 heterocycles. The number of benzene rings is 3. The van der Waals surface area contributed by atoms with Crippen LogP contribution in [-0.4, -0.2) is 11.2 Å². The number of rotatable bonds is 5. The molecule has 0 saturated heterocycles. The van der Waals surface area contributed by atoms with Crippen molar-refractivity contribution in [1.82, 2.24) is 4.98 Å². The number of hydrazone groups is 1. The second-order valence-electron chi connectivity index (χ2n) is 6.41. The molecule has 1 aromatic heterocycles. The Morgan fingerprint density at radius 3 is 2.36 bits per heavy atom. The number of halogens is 1. The number of aryl methyl sites for hydroxylation is 1. The molecule has 0 atom stereocenters. The van der Waals surface area contributed by atoms with E-state index in [0.29, 0.717) is 5.02 Å². The van der Waals surface area contributed by atoms with Gasteiger partial charge in [0.15, 0.2) is 0 Å². The van der Waals surface area contributed by atoms with Gasteiger partial charge < -0.3 is 0 Å². The predicted octanol–water partition coefficient (Wildman–Crippen LogP) is 6.88. The summed E-state index contributed by atoms with van der Waals surface area (Å²) in [5.74, 6) is 0. The van der Waals surface area contributed by atoms with Crippen molar-refractivity contribution >= 4 is 34.3 Å². The van der Waals surface area contributed by atoms with E-state index in [1.54, 1.807) is 6.21 Å². The highest BCUT2D eigenvalue weighted by molar-refractivity contribution is 7.14. The van der Waals surface area contributed by atoms with Gasteiger partial charge in [0.1, 0.15) is 0 Å². The Hall–Kier alpha value is -2.95. The second-order valence-corrected chi connectivity index (χ2v) is 7.70. The summed E-state index contributed by atoms with van der Waals surface area (Å²) >= 11 is 7.55. The van der Waals surface area contributed by atoms with Gasteiger partial charge in [0.2, 0.25) is 5.13 Å². The maximum absolute atomic E-state index is 6.05. The van der Waals surface area contributed by atoms with Crippen LogP contribution in [0.3, 0.4) is 0 Å². The number of anilines is 1. The average molecular weight is 404 g/mol. The number of nitrogens with one attached hydrogen (secondary N) is 1. The van der Waals surface area contributed by atoms with Crippen molar-refractivity contribution in [2.45, 2.75) is 6.92 Å². The first-order valence-corrected chi connectivity index (χ1v) is 10.1. The smallest absolute Gasteiger partial charge is 0.203 e. The molecule has 0 aliphatic carbocycles. The number of thiazole rings is 1. The fraction of sp³-hybridized carbons (Fsp3) is 0.0435. The minimum absolute atomic E-state index is 0.701. The molecule has 0 bridgehead atoms. The summed E-state index contributed by atoms with van der Waals surface area (Å²) in [5.41, 5.74) is 9.56. The first-order valence-electron chi connectivity index (χ1n) is 8.85. The van der Waals surface area contributed by atoms with E-state index in [0.717, 1.165) is 22.0 Å².